The van der Waals surface area contributed by atoms with E-state index >= 15 is 0 Å². The topological polar surface area (TPSA) is 84.2 Å². The van der Waals surface area contributed by atoms with Crippen LogP contribution in [-0.4, -0.2) is 32.9 Å². The molecule has 6 nitrogen and oxygen atoms in total. The Morgan fingerprint density at radius 1 is 1.23 bits per heavy atom. The van der Waals surface area contributed by atoms with E-state index in [0.29, 0.717) is 16.9 Å². The van der Waals surface area contributed by atoms with Gasteiger partial charge in [0.15, 0.2) is 0 Å². The number of carboxylic acid groups (broad SMARTS) is 1. The summed E-state index contributed by atoms with van der Waals surface area (Å²) in [6.07, 6.45) is -4.40. The van der Waals surface area contributed by atoms with Gasteiger partial charge < -0.3 is 10.4 Å². The van der Waals surface area contributed by atoms with Crippen molar-refractivity contribution < 1.29 is 27.9 Å². The lowest BCUT2D eigenvalue weighted by atomic mass is 9.98. The molecule has 1 atom stereocenters. The molecule has 0 bridgehead atoms. The van der Waals surface area contributed by atoms with Crippen molar-refractivity contribution in [1.82, 2.24) is 9.78 Å². The fraction of sp³-hybridized carbons (Fsp3) is 0.353. The number of carbonyl (C=O) groups is 2. The average Bonchev–Trinajstić information content (AvgIpc) is 2.79. The second kappa shape index (κ2) is 7.19. The average molecular weight is 369 g/mol. The van der Waals surface area contributed by atoms with Crippen LogP contribution in [0.15, 0.2) is 24.3 Å². The van der Waals surface area contributed by atoms with Crippen molar-refractivity contribution in [3.8, 4) is 0 Å². The van der Waals surface area contributed by atoms with Crippen LogP contribution < -0.4 is 5.32 Å². The molecule has 1 heterocycles. The van der Waals surface area contributed by atoms with E-state index in [-0.39, 0.29) is 11.3 Å². The first-order valence-corrected chi connectivity index (χ1v) is 7.74. The Labute approximate surface area is 147 Å². The normalized spacial score (nSPS) is 12.7. The van der Waals surface area contributed by atoms with Crippen LogP contribution >= 0.6 is 0 Å². The first-order chi connectivity index (χ1) is 12.0. The van der Waals surface area contributed by atoms with Crippen molar-refractivity contribution in [2.45, 2.75) is 39.4 Å². The fourth-order valence-corrected chi connectivity index (χ4v) is 2.74. The molecule has 0 saturated carbocycles. The van der Waals surface area contributed by atoms with E-state index in [2.05, 4.69) is 10.4 Å². The molecule has 0 aliphatic rings. The quantitative estimate of drug-likeness (QED) is 0.845. The van der Waals surface area contributed by atoms with Gasteiger partial charge in [0.1, 0.15) is 6.54 Å². The van der Waals surface area contributed by atoms with Gasteiger partial charge in [-0.25, -0.2) is 4.79 Å². The van der Waals surface area contributed by atoms with Gasteiger partial charge in [0, 0.05) is 16.9 Å². The Bertz CT molecular complexity index is 826. The number of carboxylic acids is 1. The molecule has 2 rings (SSSR count). The van der Waals surface area contributed by atoms with Crippen molar-refractivity contribution in [3.05, 3.63) is 46.8 Å². The van der Waals surface area contributed by atoms with E-state index in [1.54, 1.807) is 13.8 Å². The summed E-state index contributed by atoms with van der Waals surface area (Å²) in [7, 11) is 0. The number of benzene rings is 1. The van der Waals surface area contributed by atoms with Crippen LogP contribution in [0.2, 0.25) is 0 Å². The zero-order valence-corrected chi connectivity index (χ0v) is 14.4. The maximum atomic E-state index is 12.6. The minimum atomic E-state index is -4.40. The summed E-state index contributed by atoms with van der Waals surface area (Å²) >= 11 is 0. The van der Waals surface area contributed by atoms with E-state index in [0.717, 1.165) is 4.68 Å². The van der Waals surface area contributed by atoms with Crippen molar-refractivity contribution in [2.75, 3.05) is 5.32 Å². The highest BCUT2D eigenvalue weighted by Gasteiger charge is 2.31. The van der Waals surface area contributed by atoms with Crippen LogP contribution in [0.3, 0.4) is 0 Å². The molecular weight excluding hydrogens is 351 g/mol. The fourth-order valence-electron chi connectivity index (χ4n) is 2.74. The van der Waals surface area contributed by atoms with Crippen molar-refractivity contribution in [2.24, 2.45) is 0 Å². The number of hydrogen-bond donors (Lipinski definition) is 2. The number of aryl methyl sites for hydroxylation is 1. The van der Waals surface area contributed by atoms with Gasteiger partial charge in [0.25, 0.3) is 0 Å². The third-order valence-corrected chi connectivity index (χ3v) is 3.99. The Hall–Kier alpha value is -2.84. The van der Waals surface area contributed by atoms with Gasteiger partial charge >= 0.3 is 12.1 Å². The Morgan fingerprint density at radius 3 is 2.31 bits per heavy atom. The molecule has 0 aliphatic heterocycles. The van der Waals surface area contributed by atoms with Crippen LogP contribution in [0, 0.1) is 13.8 Å². The molecule has 1 aromatic heterocycles. The van der Waals surface area contributed by atoms with Crippen molar-refractivity contribution >= 4 is 17.6 Å². The zero-order valence-electron chi connectivity index (χ0n) is 14.4. The number of nitrogens with zero attached hydrogens (tertiary/aromatic N) is 2. The smallest absolute Gasteiger partial charge is 0.408 e. The largest absolute Gasteiger partial charge is 0.478 e. The van der Waals surface area contributed by atoms with Gasteiger partial charge in [0.05, 0.1) is 17.2 Å². The summed E-state index contributed by atoms with van der Waals surface area (Å²) in [6, 6.07) is 5.59. The minimum Gasteiger partial charge on any atom is -0.478 e. The molecule has 1 aromatic carbocycles. The van der Waals surface area contributed by atoms with E-state index in [1.807, 2.05) is 0 Å². The third-order valence-electron chi connectivity index (χ3n) is 3.99. The van der Waals surface area contributed by atoms with Crippen LogP contribution in [-0.2, 0) is 11.3 Å². The lowest BCUT2D eigenvalue weighted by Gasteiger charge is -2.14. The predicted octanol–water partition coefficient (Wildman–Crippen LogP) is 3.50. The number of carbonyl (C=O) groups excluding carboxylic acids is 1. The summed E-state index contributed by atoms with van der Waals surface area (Å²) in [5.41, 5.74) is 1.55. The lowest BCUT2D eigenvalue weighted by Crippen LogP contribution is -2.21. The summed E-state index contributed by atoms with van der Waals surface area (Å²) in [4.78, 5) is 23.3. The van der Waals surface area contributed by atoms with Gasteiger partial charge in [-0.3, -0.25) is 9.48 Å². The molecule has 0 fully saturated rings. The number of alkyl halides is 3. The number of aromatic nitrogens is 2. The Kier molecular flexibility index (Phi) is 5.38. The summed E-state index contributed by atoms with van der Waals surface area (Å²) in [5, 5.41) is 15.4. The molecular formula is C17H18F3N3O3. The highest BCUT2D eigenvalue weighted by atomic mass is 19.4. The minimum absolute atomic E-state index is 0.0798. The molecule has 0 radical (unpaired) electrons. The first kappa shape index (κ1) is 19.5. The van der Waals surface area contributed by atoms with Crippen molar-refractivity contribution in [3.63, 3.8) is 0 Å². The number of halogens is 3. The molecule has 1 unspecified atom stereocenters. The van der Waals surface area contributed by atoms with Gasteiger partial charge in [0.2, 0.25) is 5.91 Å². The SMILES string of the molecule is Cc1nn(CC(F)(F)F)c(C)c1C(C)C(=O)Nc1ccc(C(=O)O)cc1. The predicted molar refractivity (Wildman–Crippen MR) is 88.2 cm³/mol. The van der Waals surface area contributed by atoms with E-state index < -0.39 is 30.5 Å². The molecule has 0 aliphatic carbocycles. The molecule has 0 saturated heterocycles. The number of hydrogen-bond acceptors (Lipinski definition) is 3. The Morgan fingerprint density at radius 2 is 1.81 bits per heavy atom. The molecule has 26 heavy (non-hydrogen) atoms. The van der Waals surface area contributed by atoms with E-state index in [9.17, 15) is 22.8 Å². The van der Waals surface area contributed by atoms with Crippen molar-refractivity contribution in [1.29, 1.82) is 0 Å². The number of aromatic carboxylic acids is 1. The van der Waals surface area contributed by atoms with Crippen LogP contribution in [0.25, 0.3) is 0 Å². The number of nitrogens with one attached hydrogen (secondary N) is 1. The van der Waals surface area contributed by atoms with Gasteiger partial charge in [-0.1, -0.05) is 0 Å². The molecule has 2 aromatic rings. The highest BCUT2D eigenvalue weighted by Crippen LogP contribution is 2.27. The standard InChI is InChI=1S/C17H18F3N3O3/c1-9(14-10(2)22-23(11(14)3)8-17(18,19)20)15(24)21-13-6-4-12(5-7-13)16(25)26/h4-7,9H,8H2,1-3H3,(H,21,24)(H,25,26). The van der Waals surface area contributed by atoms with Gasteiger partial charge in [-0.15, -0.1) is 0 Å². The summed E-state index contributed by atoms with van der Waals surface area (Å²) in [6.45, 7) is 3.41. The maximum absolute atomic E-state index is 12.6. The second-order valence-corrected chi connectivity index (χ2v) is 5.95. The number of amides is 1. The lowest BCUT2D eigenvalue weighted by molar-refractivity contribution is -0.143. The molecule has 0 spiro atoms. The number of anilines is 1. The zero-order chi connectivity index (χ0) is 19.6. The summed E-state index contributed by atoms with van der Waals surface area (Å²) in [5.74, 6) is -2.23. The summed E-state index contributed by atoms with van der Waals surface area (Å²) < 4.78 is 38.7. The molecule has 9 heteroatoms. The maximum Gasteiger partial charge on any atom is 0.408 e. The van der Waals surface area contributed by atoms with Gasteiger partial charge in [-0.05, 0) is 45.0 Å². The third kappa shape index (κ3) is 4.41. The van der Waals surface area contributed by atoms with Crippen LogP contribution in [0.5, 0.6) is 0 Å². The van der Waals surface area contributed by atoms with E-state index in [4.69, 9.17) is 5.11 Å². The first-order valence-electron chi connectivity index (χ1n) is 7.74. The highest BCUT2D eigenvalue weighted by molar-refractivity contribution is 5.96. The van der Waals surface area contributed by atoms with Crippen LogP contribution in [0.1, 0.15) is 40.2 Å². The number of rotatable bonds is 5. The van der Waals surface area contributed by atoms with E-state index in [1.165, 1.54) is 31.2 Å². The molecule has 2 N–H and O–H groups in total. The van der Waals surface area contributed by atoms with Crippen LogP contribution in [0.4, 0.5) is 18.9 Å². The van der Waals surface area contributed by atoms with Gasteiger partial charge in [-0.2, -0.15) is 18.3 Å². The molecule has 1 amide bonds. The monoisotopic (exact) mass is 369 g/mol. The second-order valence-electron chi connectivity index (χ2n) is 5.95. The molecule has 140 valence electrons. The Balaban J connectivity index is 2.19.